The van der Waals surface area contributed by atoms with Gasteiger partial charge in [-0.25, -0.2) is 9.97 Å². The van der Waals surface area contributed by atoms with Gasteiger partial charge < -0.3 is 5.32 Å². The van der Waals surface area contributed by atoms with E-state index in [1.54, 1.807) is 12.4 Å². The van der Waals surface area contributed by atoms with Crippen molar-refractivity contribution in [3.63, 3.8) is 0 Å². The number of nitrogens with one attached hydrogen (secondary N) is 1. The summed E-state index contributed by atoms with van der Waals surface area (Å²) >= 11 is 3.35. The van der Waals surface area contributed by atoms with E-state index in [0.29, 0.717) is 11.3 Å². The first kappa shape index (κ1) is 11.7. The van der Waals surface area contributed by atoms with Gasteiger partial charge in [0, 0.05) is 4.47 Å². The number of aryl methyl sites for hydroxylation is 1. The minimum atomic E-state index is -0.185. The summed E-state index contributed by atoms with van der Waals surface area (Å²) in [5.41, 5.74) is 2.20. The van der Waals surface area contributed by atoms with Gasteiger partial charge in [-0.15, -0.1) is 0 Å². The van der Waals surface area contributed by atoms with Crippen LogP contribution in [0.2, 0.25) is 0 Å². The second-order valence-corrected chi connectivity index (χ2v) is 4.42. The molecule has 0 bridgehead atoms. The van der Waals surface area contributed by atoms with Crippen molar-refractivity contribution in [3.05, 3.63) is 52.5 Å². The lowest BCUT2D eigenvalue weighted by molar-refractivity contribution is 0.102. The van der Waals surface area contributed by atoms with Crippen LogP contribution in [-0.2, 0) is 0 Å². The number of carbonyl (C=O) groups excluding carboxylic acids is 1. The van der Waals surface area contributed by atoms with E-state index in [1.807, 2.05) is 25.1 Å². The van der Waals surface area contributed by atoms with Gasteiger partial charge in [0.15, 0.2) is 0 Å². The summed E-state index contributed by atoms with van der Waals surface area (Å²) in [6.45, 7) is 1.94. The van der Waals surface area contributed by atoms with Crippen LogP contribution in [-0.4, -0.2) is 15.9 Å². The number of hydrogen-bond acceptors (Lipinski definition) is 3. The van der Waals surface area contributed by atoms with E-state index < -0.39 is 0 Å². The van der Waals surface area contributed by atoms with Gasteiger partial charge in [0.25, 0.3) is 5.91 Å². The molecule has 0 aliphatic carbocycles. The maximum Gasteiger partial charge on any atom is 0.256 e. The van der Waals surface area contributed by atoms with Crippen LogP contribution in [0.5, 0.6) is 0 Å². The second-order valence-electron chi connectivity index (χ2n) is 3.56. The standard InChI is InChI=1S/C12H10BrN3O/c1-8-2-3-11(13)10(4-8)12(17)16-9-5-14-7-15-6-9/h2-7H,1H3,(H,16,17). The Hall–Kier alpha value is -1.75. The molecule has 5 heteroatoms. The molecule has 2 rings (SSSR count). The van der Waals surface area contributed by atoms with Crippen molar-refractivity contribution in [2.75, 3.05) is 5.32 Å². The van der Waals surface area contributed by atoms with E-state index in [2.05, 4.69) is 31.2 Å². The molecule has 0 radical (unpaired) electrons. The molecule has 0 unspecified atom stereocenters. The predicted octanol–water partition coefficient (Wildman–Crippen LogP) is 2.80. The first-order chi connectivity index (χ1) is 8.16. The maximum absolute atomic E-state index is 12.0. The van der Waals surface area contributed by atoms with Gasteiger partial charge >= 0.3 is 0 Å². The van der Waals surface area contributed by atoms with Crippen LogP contribution in [0.4, 0.5) is 5.69 Å². The highest BCUT2D eigenvalue weighted by Gasteiger charge is 2.10. The van der Waals surface area contributed by atoms with Gasteiger partial charge in [0.05, 0.1) is 23.6 Å². The fourth-order valence-corrected chi connectivity index (χ4v) is 1.80. The predicted molar refractivity (Wildman–Crippen MR) is 68.9 cm³/mol. The molecule has 1 heterocycles. The number of hydrogen-bond donors (Lipinski definition) is 1. The summed E-state index contributed by atoms with van der Waals surface area (Å²) in [7, 11) is 0. The topological polar surface area (TPSA) is 54.9 Å². The maximum atomic E-state index is 12.0. The van der Waals surface area contributed by atoms with Crippen molar-refractivity contribution >= 4 is 27.5 Å². The zero-order valence-corrected chi connectivity index (χ0v) is 10.7. The molecule has 1 amide bonds. The summed E-state index contributed by atoms with van der Waals surface area (Å²) in [5.74, 6) is -0.185. The van der Waals surface area contributed by atoms with Gasteiger partial charge in [0.1, 0.15) is 6.33 Å². The fourth-order valence-electron chi connectivity index (χ4n) is 1.38. The average Bonchev–Trinajstić information content (AvgIpc) is 2.33. The van der Waals surface area contributed by atoms with Crippen LogP contribution in [0.25, 0.3) is 0 Å². The van der Waals surface area contributed by atoms with E-state index >= 15 is 0 Å². The summed E-state index contributed by atoms with van der Waals surface area (Å²) in [4.78, 5) is 19.7. The Morgan fingerprint density at radius 1 is 1.29 bits per heavy atom. The van der Waals surface area contributed by atoms with Crippen LogP contribution in [0.15, 0.2) is 41.4 Å². The number of aromatic nitrogens is 2. The number of carbonyl (C=O) groups is 1. The molecule has 1 aromatic carbocycles. The molecule has 1 aromatic heterocycles. The highest BCUT2D eigenvalue weighted by Crippen LogP contribution is 2.19. The molecule has 86 valence electrons. The van der Waals surface area contributed by atoms with Crippen molar-refractivity contribution in [3.8, 4) is 0 Å². The Labute approximate surface area is 107 Å². The minimum Gasteiger partial charge on any atom is -0.319 e. The smallest absolute Gasteiger partial charge is 0.256 e. The number of anilines is 1. The Balaban J connectivity index is 2.23. The molecule has 0 saturated carbocycles. The quantitative estimate of drug-likeness (QED) is 0.926. The fraction of sp³-hybridized carbons (Fsp3) is 0.0833. The lowest BCUT2D eigenvalue weighted by Crippen LogP contribution is -2.13. The zero-order chi connectivity index (χ0) is 12.3. The largest absolute Gasteiger partial charge is 0.319 e. The van der Waals surface area contributed by atoms with Gasteiger partial charge in [-0.05, 0) is 35.0 Å². The molecule has 0 spiro atoms. The molecule has 1 N–H and O–H groups in total. The third-order valence-corrected chi connectivity index (χ3v) is 2.88. The number of amides is 1. The van der Waals surface area contributed by atoms with E-state index in [-0.39, 0.29) is 5.91 Å². The SMILES string of the molecule is Cc1ccc(Br)c(C(=O)Nc2cncnc2)c1. The molecule has 17 heavy (non-hydrogen) atoms. The molecular formula is C12H10BrN3O. The molecule has 0 atom stereocenters. The van der Waals surface area contributed by atoms with Crippen LogP contribution in [0.1, 0.15) is 15.9 Å². The summed E-state index contributed by atoms with van der Waals surface area (Å²) in [6.07, 6.45) is 4.52. The van der Waals surface area contributed by atoms with E-state index in [1.165, 1.54) is 6.33 Å². The zero-order valence-electron chi connectivity index (χ0n) is 9.14. The minimum absolute atomic E-state index is 0.185. The summed E-state index contributed by atoms with van der Waals surface area (Å²) in [6, 6.07) is 5.61. The molecule has 4 nitrogen and oxygen atoms in total. The first-order valence-corrected chi connectivity index (χ1v) is 5.78. The van der Waals surface area contributed by atoms with Gasteiger partial charge in [-0.2, -0.15) is 0 Å². The summed E-state index contributed by atoms with van der Waals surface area (Å²) in [5, 5.41) is 2.73. The lowest BCUT2D eigenvalue weighted by atomic mass is 10.1. The normalized spacial score (nSPS) is 10.0. The van der Waals surface area contributed by atoms with Crippen molar-refractivity contribution in [1.82, 2.24) is 9.97 Å². The van der Waals surface area contributed by atoms with Crippen molar-refractivity contribution < 1.29 is 4.79 Å². The van der Waals surface area contributed by atoms with Crippen LogP contribution >= 0.6 is 15.9 Å². The number of halogens is 1. The van der Waals surface area contributed by atoms with Crippen molar-refractivity contribution in [2.24, 2.45) is 0 Å². The van der Waals surface area contributed by atoms with Gasteiger partial charge in [-0.3, -0.25) is 4.79 Å². The van der Waals surface area contributed by atoms with Crippen LogP contribution in [0.3, 0.4) is 0 Å². The third-order valence-electron chi connectivity index (χ3n) is 2.18. The number of nitrogens with zero attached hydrogens (tertiary/aromatic N) is 2. The Bertz CT molecular complexity index is 543. The highest BCUT2D eigenvalue weighted by molar-refractivity contribution is 9.10. The third kappa shape index (κ3) is 2.88. The van der Waals surface area contributed by atoms with E-state index in [0.717, 1.165) is 10.0 Å². The number of benzene rings is 1. The second kappa shape index (κ2) is 5.05. The van der Waals surface area contributed by atoms with E-state index in [9.17, 15) is 4.79 Å². The average molecular weight is 292 g/mol. The number of rotatable bonds is 2. The van der Waals surface area contributed by atoms with Crippen LogP contribution in [0, 0.1) is 6.92 Å². The van der Waals surface area contributed by atoms with E-state index in [4.69, 9.17) is 0 Å². The molecule has 0 aliphatic heterocycles. The van der Waals surface area contributed by atoms with Crippen LogP contribution < -0.4 is 5.32 Å². The van der Waals surface area contributed by atoms with Gasteiger partial charge in [0.2, 0.25) is 0 Å². The molecule has 0 saturated heterocycles. The lowest BCUT2D eigenvalue weighted by Gasteiger charge is -2.06. The van der Waals surface area contributed by atoms with Crippen molar-refractivity contribution in [2.45, 2.75) is 6.92 Å². The molecule has 0 aliphatic rings. The first-order valence-electron chi connectivity index (χ1n) is 4.99. The molecule has 0 fully saturated rings. The summed E-state index contributed by atoms with van der Waals surface area (Å²) < 4.78 is 0.762. The van der Waals surface area contributed by atoms with Crippen molar-refractivity contribution in [1.29, 1.82) is 0 Å². The Morgan fingerprint density at radius 2 is 2.00 bits per heavy atom. The molecular weight excluding hydrogens is 282 g/mol. The Kier molecular flexibility index (Phi) is 3.49. The monoisotopic (exact) mass is 291 g/mol. The Morgan fingerprint density at radius 3 is 2.71 bits per heavy atom. The van der Waals surface area contributed by atoms with Gasteiger partial charge in [-0.1, -0.05) is 11.6 Å². The molecule has 2 aromatic rings. The highest BCUT2D eigenvalue weighted by atomic mass is 79.9.